The SMILES string of the molecule is CCOP([O-])OCC.[Ag+]. The summed E-state index contributed by atoms with van der Waals surface area (Å²) in [6.07, 6.45) is 0. The monoisotopic (exact) mass is 244 g/mol. The van der Waals surface area contributed by atoms with Crippen LogP contribution in [0.15, 0.2) is 0 Å². The van der Waals surface area contributed by atoms with Gasteiger partial charge in [0.05, 0.1) is 8.60 Å². The summed E-state index contributed by atoms with van der Waals surface area (Å²) in [5, 5.41) is 0. The topological polar surface area (TPSA) is 41.5 Å². The first-order valence-corrected chi connectivity index (χ1v) is 3.63. The van der Waals surface area contributed by atoms with Gasteiger partial charge in [0.25, 0.3) is 0 Å². The van der Waals surface area contributed by atoms with Crippen molar-refractivity contribution in [1.29, 1.82) is 0 Å². The molecule has 0 heterocycles. The fraction of sp³-hybridized carbons (Fsp3) is 1.00. The van der Waals surface area contributed by atoms with Crippen molar-refractivity contribution < 1.29 is 36.3 Å². The Hall–Kier alpha value is 1.05. The van der Waals surface area contributed by atoms with Gasteiger partial charge in [-0.3, -0.25) is 0 Å². The number of rotatable bonds is 4. The van der Waals surface area contributed by atoms with E-state index >= 15 is 0 Å². The summed E-state index contributed by atoms with van der Waals surface area (Å²) in [5.74, 6) is 0. The fourth-order valence-corrected chi connectivity index (χ4v) is 0.744. The molecule has 0 aromatic heterocycles. The van der Waals surface area contributed by atoms with Crippen molar-refractivity contribution in [3.05, 3.63) is 0 Å². The molecule has 3 nitrogen and oxygen atoms in total. The van der Waals surface area contributed by atoms with Gasteiger partial charge in [-0.2, -0.15) is 0 Å². The van der Waals surface area contributed by atoms with Crippen molar-refractivity contribution in [2.45, 2.75) is 13.8 Å². The molecule has 0 saturated carbocycles. The minimum Gasteiger partial charge on any atom is -0.786 e. The normalized spacial score (nSPS) is 9.33. The Morgan fingerprint density at radius 2 is 1.56 bits per heavy atom. The molecular weight excluding hydrogens is 235 g/mol. The maximum atomic E-state index is 10.3. The molecule has 0 aliphatic rings. The first kappa shape index (κ1) is 12.7. The molecule has 0 N–H and O–H groups in total. The summed E-state index contributed by atoms with van der Waals surface area (Å²) in [6, 6.07) is 0. The Morgan fingerprint density at radius 3 is 1.78 bits per heavy atom. The minimum absolute atomic E-state index is 0. The first-order valence-electron chi connectivity index (χ1n) is 2.54. The van der Waals surface area contributed by atoms with Gasteiger partial charge in [-0.05, 0) is 13.8 Å². The molecule has 0 radical (unpaired) electrons. The molecule has 0 rings (SSSR count). The summed E-state index contributed by atoms with van der Waals surface area (Å²) < 4.78 is 9.14. The van der Waals surface area contributed by atoms with E-state index in [-0.39, 0.29) is 22.4 Å². The van der Waals surface area contributed by atoms with Crippen LogP contribution in [0.3, 0.4) is 0 Å². The van der Waals surface area contributed by atoms with Gasteiger partial charge < -0.3 is 13.9 Å². The Morgan fingerprint density at radius 1 is 1.22 bits per heavy atom. The molecule has 0 fully saturated rings. The molecule has 0 atom stereocenters. The van der Waals surface area contributed by atoms with E-state index in [4.69, 9.17) is 0 Å². The van der Waals surface area contributed by atoms with Crippen LogP contribution in [0.2, 0.25) is 0 Å². The Balaban J connectivity index is 0. The summed E-state index contributed by atoms with van der Waals surface area (Å²) in [6.45, 7) is 4.42. The predicted molar refractivity (Wildman–Crippen MR) is 30.2 cm³/mol. The molecule has 0 aliphatic heterocycles. The van der Waals surface area contributed by atoms with Crippen LogP contribution < -0.4 is 4.89 Å². The second kappa shape index (κ2) is 9.05. The number of hydrogen-bond donors (Lipinski definition) is 0. The quantitative estimate of drug-likeness (QED) is 0.539. The average molecular weight is 245 g/mol. The minimum atomic E-state index is -1.83. The van der Waals surface area contributed by atoms with E-state index in [9.17, 15) is 4.89 Å². The predicted octanol–water partition coefficient (Wildman–Crippen LogP) is 0.644. The van der Waals surface area contributed by atoms with Gasteiger partial charge in [0.15, 0.2) is 0 Å². The zero-order valence-corrected chi connectivity index (χ0v) is 7.76. The second-order valence-electron chi connectivity index (χ2n) is 1.06. The first-order chi connectivity index (χ1) is 3.81. The van der Waals surface area contributed by atoms with E-state index in [0.717, 1.165) is 0 Å². The van der Waals surface area contributed by atoms with Crippen molar-refractivity contribution in [1.82, 2.24) is 0 Å². The average Bonchev–Trinajstić information content (AvgIpc) is 1.68. The van der Waals surface area contributed by atoms with Gasteiger partial charge in [0.1, 0.15) is 0 Å². The Labute approximate surface area is 72.2 Å². The van der Waals surface area contributed by atoms with Crippen LogP contribution >= 0.6 is 8.60 Å². The van der Waals surface area contributed by atoms with Crippen LogP contribution in [0.4, 0.5) is 0 Å². The third kappa shape index (κ3) is 9.05. The van der Waals surface area contributed by atoms with Crippen LogP contribution in [-0.2, 0) is 31.4 Å². The van der Waals surface area contributed by atoms with Crippen molar-refractivity contribution >= 4 is 8.60 Å². The smallest absolute Gasteiger partial charge is 0.786 e. The van der Waals surface area contributed by atoms with Crippen LogP contribution in [0, 0.1) is 0 Å². The third-order valence-electron chi connectivity index (χ3n) is 0.469. The number of hydrogen-bond acceptors (Lipinski definition) is 3. The molecule has 0 aromatic carbocycles. The molecule has 0 aromatic rings. The molecule has 0 bridgehead atoms. The van der Waals surface area contributed by atoms with E-state index in [1.54, 1.807) is 13.8 Å². The third-order valence-corrected chi connectivity index (χ3v) is 1.41. The summed E-state index contributed by atoms with van der Waals surface area (Å²) in [7, 11) is -1.83. The molecule has 0 aliphatic carbocycles. The zero-order valence-electron chi connectivity index (χ0n) is 5.39. The van der Waals surface area contributed by atoms with Crippen LogP contribution in [-0.4, -0.2) is 13.2 Å². The van der Waals surface area contributed by atoms with Crippen LogP contribution in [0.5, 0.6) is 0 Å². The van der Waals surface area contributed by atoms with Gasteiger partial charge in [0, 0.05) is 13.2 Å². The molecule has 5 heteroatoms. The molecule has 9 heavy (non-hydrogen) atoms. The van der Waals surface area contributed by atoms with Crippen LogP contribution in [0.1, 0.15) is 13.8 Å². The van der Waals surface area contributed by atoms with Gasteiger partial charge in [-0.25, -0.2) is 0 Å². The molecule has 0 amide bonds. The maximum Gasteiger partial charge on any atom is 1.00 e. The standard InChI is InChI=1S/C4H10O3P.Ag/c1-3-6-8(5)7-4-2;/h3-4H2,1-2H3;/q-1;+1. The van der Waals surface area contributed by atoms with E-state index in [2.05, 4.69) is 9.05 Å². The van der Waals surface area contributed by atoms with Crippen molar-refractivity contribution in [2.24, 2.45) is 0 Å². The van der Waals surface area contributed by atoms with Crippen molar-refractivity contribution in [3.63, 3.8) is 0 Å². The van der Waals surface area contributed by atoms with Gasteiger partial charge >= 0.3 is 22.4 Å². The zero-order chi connectivity index (χ0) is 6.41. The van der Waals surface area contributed by atoms with E-state index in [0.29, 0.717) is 13.2 Å². The summed E-state index contributed by atoms with van der Waals surface area (Å²) in [5.41, 5.74) is 0. The fourth-order valence-electron chi connectivity index (χ4n) is 0.248. The van der Waals surface area contributed by atoms with Gasteiger partial charge in [0.2, 0.25) is 0 Å². The second-order valence-corrected chi connectivity index (χ2v) is 2.02. The van der Waals surface area contributed by atoms with E-state index in [1.165, 1.54) is 0 Å². The van der Waals surface area contributed by atoms with Gasteiger partial charge in [-0.1, -0.05) is 0 Å². The maximum absolute atomic E-state index is 10.3. The summed E-state index contributed by atoms with van der Waals surface area (Å²) in [4.78, 5) is 10.3. The molecular formula is C4H10AgO3P. The molecule has 0 spiro atoms. The van der Waals surface area contributed by atoms with Crippen LogP contribution in [0.25, 0.3) is 0 Å². The van der Waals surface area contributed by atoms with E-state index < -0.39 is 8.60 Å². The Bertz CT molecular complexity index is 49.1. The van der Waals surface area contributed by atoms with Crippen molar-refractivity contribution in [2.75, 3.05) is 13.2 Å². The summed E-state index contributed by atoms with van der Waals surface area (Å²) >= 11 is 0. The molecule has 60 valence electrons. The van der Waals surface area contributed by atoms with Crippen molar-refractivity contribution in [3.8, 4) is 0 Å². The Kier molecular flexibility index (Phi) is 12.8. The van der Waals surface area contributed by atoms with E-state index in [1.807, 2.05) is 0 Å². The van der Waals surface area contributed by atoms with Gasteiger partial charge in [-0.15, -0.1) is 0 Å². The molecule has 0 unspecified atom stereocenters. The molecule has 0 saturated heterocycles. The largest absolute Gasteiger partial charge is 1.00 e.